The van der Waals surface area contributed by atoms with Gasteiger partial charge >= 0.3 is 5.97 Å². The summed E-state index contributed by atoms with van der Waals surface area (Å²) in [6.07, 6.45) is 3.51. The van der Waals surface area contributed by atoms with E-state index in [0.717, 1.165) is 24.1 Å². The maximum atomic E-state index is 11.4. The van der Waals surface area contributed by atoms with E-state index in [1.165, 1.54) is 13.1 Å². The maximum Gasteiger partial charge on any atom is 0.340 e. The molecule has 0 heterocycles. The number of hydrogen-bond acceptors (Lipinski definition) is 3. The predicted molar refractivity (Wildman–Crippen MR) is 73.1 cm³/mol. The lowest BCUT2D eigenvalue weighted by Crippen LogP contribution is -2.22. The number of carbonyl (C=O) groups excluding carboxylic acids is 1. The van der Waals surface area contributed by atoms with Crippen molar-refractivity contribution in [1.29, 1.82) is 0 Å². The van der Waals surface area contributed by atoms with Crippen LogP contribution in [0.3, 0.4) is 0 Å². The molecule has 0 saturated heterocycles. The second-order valence-corrected chi connectivity index (χ2v) is 4.88. The highest BCUT2D eigenvalue weighted by atomic mass is 16.4. The number of aliphatic carboxylic acids is 1. The van der Waals surface area contributed by atoms with Crippen molar-refractivity contribution in [2.24, 2.45) is 0 Å². The van der Waals surface area contributed by atoms with Crippen LogP contribution < -0.4 is 4.90 Å². The van der Waals surface area contributed by atoms with Crippen LogP contribution in [0.4, 0.5) is 5.69 Å². The number of anilines is 1. The zero-order valence-electron chi connectivity index (χ0n) is 11.1. The Bertz CT molecular complexity index is 511. The van der Waals surface area contributed by atoms with Crippen LogP contribution in [-0.4, -0.2) is 22.9 Å². The summed E-state index contributed by atoms with van der Waals surface area (Å²) in [4.78, 5) is 24.4. The molecule has 1 fully saturated rings. The summed E-state index contributed by atoms with van der Waals surface area (Å²) >= 11 is 0. The van der Waals surface area contributed by atoms with Gasteiger partial charge in [-0.3, -0.25) is 4.79 Å². The summed E-state index contributed by atoms with van der Waals surface area (Å²) in [5, 5.41) is 9.07. The molecular weight excluding hydrogens is 242 g/mol. The van der Waals surface area contributed by atoms with Gasteiger partial charge in [0.15, 0.2) is 5.78 Å². The fraction of sp³-hybridized carbons (Fsp3) is 0.333. The van der Waals surface area contributed by atoms with Gasteiger partial charge in [-0.2, -0.15) is 0 Å². The molecule has 0 bridgehead atoms. The summed E-state index contributed by atoms with van der Waals surface area (Å²) in [5.41, 5.74) is 1.90. The first-order chi connectivity index (χ1) is 8.99. The van der Waals surface area contributed by atoms with Crippen molar-refractivity contribution in [2.75, 3.05) is 4.90 Å². The smallest absolute Gasteiger partial charge is 0.340 e. The van der Waals surface area contributed by atoms with Gasteiger partial charge in [0, 0.05) is 17.9 Å². The number of carboxylic acid groups (broad SMARTS) is 1. The normalized spacial score (nSPS) is 15.2. The highest BCUT2D eigenvalue weighted by Crippen LogP contribution is 2.32. The van der Waals surface area contributed by atoms with E-state index in [2.05, 4.69) is 0 Å². The second kappa shape index (κ2) is 5.26. The van der Waals surface area contributed by atoms with Crippen molar-refractivity contribution in [3.05, 3.63) is 41.6 Å². The van der Waals surface area contributed by atoms with Crippen LogP contribution in [0, 0.1) is 6.92 Å². The molecule has 1 aliphatic rings. The molecular formula is C15H17NO3. The highest BCUT2D eigenvalue weighted by molar-refractivity contribution is 6.15. The molecule has 1 aliphatic carbocycles. The first-order valence-electron chi connectivity index (χ1n) is 6.30. The molecule has 1 N–H and O–H groups in total. The van der Waals surface area contributed by atoms with Crippen molar-refractivity contribution >= 4 is 17.4 Å². The van der Waals surface area contributed by atoms with Gasteiger partial charge < -0.3 is 10.0 Å². The standard InChI is InChI=1S/C15H17NO3/c1-10-3-5-12(6-4-10)16(13-7-8-13)9-14(11(2)17)15(18)19/h3-6,9,13H,7-8H2,1-2H3,(H,18,19)/b14-9+. The molecule has 0 aliphatic heterocycles. The average Bonchev–Trinajstić information content (AvgIpc) is 3.15. The van der Waals surface area contributed by atoms with Crippen LogP contribution in [0.2, 0.25) is 0 Å². The fourth-order valence-corrected chi connectivity index (χ4v) is 1.90. The van der Waals surface area contributed by atoms with Gasteiger partial charge in [0.05, 0.1) is 0 Å². The summed E-state index contributed by atoms with van der Waals surface area (Å²) in [6, 6.07) is 8.16. The molecule has 1 aromatic rings. The third-order valence-electron chi connectivity index (χ3n) is 3.15. The Labute approximate surface area is 112 Å². The van der Waals surface area contributed by atoms with Gasteiger partial charge in [-0.05, 0) is 38.8 Å². The molecule has 0 spiro atoms. The van der Waals surface area contributed by atoms with Crippen molar-refractivity contribution in [1.82, 2.24) is 0 Å². The minimum absolute atomic E-state index is 0.174. The number of hydrogen-bond donors (Lipinski definition) is 1. The van der Waals surface area contributed by atoms with E-state index in [1.54, 1.807) is 0 Å². The van der Waals surface area contributed by atoms with Crippen LogP contribution >= 0.6 is 0 Å². The van der Waals surface area contributed by atoms with Crippen molar-refractivity contribution < 1.29 is 14.7 Å². The zero-order chi connectivity index (χ0) is 14.0. The molecule has 2 rings (SSSR count). The van der Waals surface area contributed by atoms with Crippen LogP contribution in [0.15, 0.2) is 36.0 Å². The van der Waals surface area contributed by atoms with Crippen LogP contribution in [-0.2, 0) is 9.59 Å². The minimum atomic E-state index is -1.18. The SMILES string of the molecule is CC(=O)/C(=C\N(c1ccc(C)cc1)C1CC1)C(=O)O. The molecule has 100 valence electrons. The average molecular weight is 259 g/mol. The summed E-state index contributed by atoms with van der Waals surface area (Å²) in [7, 11) is 0. The Morgan fingerprint density at radius 2 is 1.84 bits per heavy atom. The van der Waals surface area contributed by atoms with Crippen molar-refractivity contribution in [3.8, 4) is 0 Å². The van der Waals surface area contributed by atoms with Crippen LogP contribution in [0.25, 0.3) is 0 Å². The Morgan fingerprint density at radius 1 is 1.26 bits per heavy atom. The Morgan fingerprint density at radius 3 is 2.26 bits per heavy atom. The van der Waals surface area contributed by atoms with Gasteiger partial charge in [0.25, 0.3) is 0 Å². The Balaban J connectivity index is 2.35. The van der Waals surface area contributed by atoms with Gasteiger partial charge in [0.1, 0.15) is 5.57 Å². The van der Waals surface area contributed by atoms with Crippen molar-refractivity contribution in [3.63, 3.8) is 0 Å². The molecule has 0 amide bonds. The lowest BCUT2D eigenvalue weighted by atomic mass is 10.2. The predicted octanol–water partition coefficient (Wildman–Crippen LogP) is 2.52. The number of rotatable bonds is 5. The number of ketones is 1. The molecule has 19 heavy (non-hydrogen) atoms. The molecule has 4 heteroatoms. The van der Waals surface area contributed by atoms with E-state index in [-0.39, 0.29) is 5.57 Å². The van der Waals surface area contributed by atoms with Crippen LogP contribution in [0.5, 0.6) is 0 Å². The lowest BCUT2D eigenvalue weighted by molar-refractivity contribution is -0.134. The topological polar surface area (TPSA) is 57.6 Å². The molecule has 1 aromatic carbocycles. The molecule has 0 radical (unpaired) electrons. The monoisotopic (exact) mass is 259 g/mol. The molecule has 4 nitrogen and oxygen atoms in total. The molecule has 0 atom stereocenters. The highest BCUT2D eigenvalue weighted by Gasteiger charge is 2.29. The Hall–Kier alpha value is -2.10. The quantitative estimate of drug-likeness (QED) is 0.501. The molecule has 1 saturated carbocycles. The number of benzene rings is 1. The van der Waals surface area contributed by atoms with Gasteiger partial charge in [-0.1, -0.05) is 17.7 Å². The third-order valence-corrected chi connectivity index (χ3v) is 3.15. The number of Topliss-reactive ketones (excluding diaryl/α,β-unsaturated/α-hetero) is 1. The fourth-order valence-electron chi connectivity index (χ4n) is 1.90. The summed E-state index contributed by atoms with van der Waals surface area (Å²) in [5.74, 6) is -1.60. The second-order valence-electron chi connectivity index (χ2n) is 4.88. The third kappa shape index (κ3) is 3.22. The van der Waals surface area contributed by atoms with E-state index in [4.69, 9.17) is 5.11 Å². The summed E-state index contributed by atoms with van der Waals surface area (Å²) in [6.45, 7) is 3.28. The van der Waals surface area contributed by atoms with E-state index in [1.807, 2.05) is 36.1 Å². The van der Waals surface area contributed by atoms with Gasteiger partial charge in [-0.15, -0.1) is 0 Å². The largest absolute Gasteiger partial charge is 0.478 e. The van der Waals surface area contributed by atoms with Gasteiger partial charge in [-0.25, -0.2) is 4.79 Å². The van der Waals surface area contributed by atoms with E-state index in [0.29, 0.717) is 6.04 Å². The van der Waals surface area contributed by atoms with E-state index >= 15 is 0 Å². The maximum absolute atomic E-state index is 11.4. The first-order valence-corrected chi connectivity index (χ1v) is 6.30. The van der Waals surface area contributed by atoms with E-state index in [9.17, 15) is 9.59 Å². The zero-order valence-corrected chi connectivity index (χ0v) is 11.1. The Kier molecular flexibility index (Phi) is 3.69. The minimum Gasteiger partial charge on any atom is -0.478 e. The van der Waals surface area contributed by atoms with E-state index < -0.39 is 11.8 Å². The lowest BCUT2D eigenvalue weighted by Gasteiger charge is -2.21. The number of carboxylic acids is 1. The van der Waals surface area contributed by atoms with Crippen molar-refractivity contribution in [2.45, 2.75) is 32.7 Å². The number of nitrogens with zero attached hydrogens (tertiary/aromatic N) is 1. The number of carbonyl (C=O) groups is 2. The first kappa shape index (κ1) is 13.3. The number of aryl methyl sites for hydroxylation is 1. The van der Waals surface area contributed by atoms with Crippen LogP contribution in [0.1, 0.15) is 25.3 Å². The molecule has 0 aromatic heterocycles. The summed E-state index contributed by atoms with van der Waals surface area (Å²) < 4.78 is 0. The van der Waals surface area contributed by atoms with Gasteiger partial charge in [0.2, 0.25) is 0 Å². The molecule has 0 unspecified atom stereocenters.